The highest BCUT2D eigenvalue weighted by atomic mass is 19.3. The third kappa shape index (κ3) is 8.13. The number of rotatable bonds is 6. The molecule has 1 aliphatic heterocycles. The first-order chi connectivity index (χ1) is 16.0. The number of halogens is 2. The van der Waals surface area contributed by atoms with Gasteiger partial charge in [-0.3, -0.25) is 0 Å². The Morgan fingerprint density at radius 1 is 1.12 bits per heavy atom. The van der Waals surface area contributed by atoms with Crippen LogP contribution in [-0.2, 0) is 16.1 Å². The first kappa shape index (κ1) is 26.2. The van der Waals surface area contributed by atoms with Gasteiger partial charge in [-0.25, -0.2) is 18.4 Å². The number of likely N-dealkylation sites (tertiary alicyclic amines) is 1. The quantitative estimate of drug-likeness (QED) is 0.484. The second kappa shape index (κ2) is 11.4. The summed E-state index contributed by atoms with van der Waals surface area (Å²) in [5.41, 5.74) is 0.332. The van der Waals surface area contributed by atoms with Crippen molar-refractivity contribution in [3.8, 4) is 0 Å². The van der Waals surface area contributed by atoms with E-state index in [2.05, 4.69) is 0 Å². The van der Waals surface area contributed by atoms with E-state index in [1.807, 2.05) is 51.1 Å². The molecule has 0 N–H and O–H groups in total. The summed E-state index contributed by atoms with van der Waals surface area (Å²) in [5, 5.41) is 0. The van der Waals surface area contributed by atoms with E-state index in [4.69, 9.17) is 9.47 Å². The number of hydrogen-bond acceptors (Lipinski definition) is 4. The number of benzene rings is 1. The van der Waals surface area contributed by atoms with Crippen molar-refractivity contribution < 1.29 is 27.8 Å². The van der Waals surface area contributed by atoms with Crippen molar-refractivity contribution in [1.29, 1.82) is 0 Å². The fourth-order valence-corrected chi connectivity index (χ4v) is 4.68. The van der Waals surface area contributed by atoms with Crippen LogP contribution in [-0.4, -0.2) is 59.2 Å². The Morgan fingerprint density at radius 3 is 2.44 bits per heavy atom. The van der Waals surface area contributed by atoms with Gasteiger partial charge >= 0.3 is 12.2 Å². The molecule has 2 aliphatic rings. The highest BCUT2D eigenvalue weighted by Crippen LogP contribution is 2.35. The fourth-order valence-electron chi connectivity index (χ4n) is 4.68. The summed E-state index contributed by atoms with van der Waals surface area (Å²) >= 11 is 0. The van der Waals surface area contributed by atoms with E-state index in [1.54, 1.807) is 9.80 Å². The van der Waals surface area contributed by atoms with Crippen LogP contribution in [0.1, 0.15) is 71.3 Å². The van der Waals surface area contributed by atoms with Crippen LogP contribution in [0.4, 0.5) is 18.4 Å². The molecule has 0 aromatic heterocycles. The highest BCUT2D eigenvalue weighted by Gasteiger charge is 2.39. The summed E-state index contributed by atoms with van der Waals surface area (Å²) in [6, 6.07) is 9.16. The van der Waals surface area contributed by atoms with Gasteiger partial charge in [0.2, 0.25) is 5.92 Å². The SMILES string of the molecule is CC(C)(C)OC(=O)N1CCC[C@H](CCN(C(=O)OCc2ccccc2)C2CCC(F)(F)CC2)C1. The monoisotopic (exact) mass is 480 g/mol. The number of alkyl halides is 2. The normalized spacial score (nSPS) is 21.1. The van der Waals surface area contributed by atoms with Gasteiger partial charge < -0.3 is 19.3 Å². The molecule has 1 atom stereocenters. The summed E-state index contributed by atoms with van der Waals surface area (Å²) < 4.78 is 38.6. The van der Waals surface area contributed by atoms with Gasteiger partial charge in [0.15, 0.2) is 0 Å². The van der Waals surface area contributed by atoms with Gasteiger partial charge in [0.05, 0.1) is 0 Å². The van der Waals surface area contributed by atoms with Crippen LogP contribution in [0, 0.1) is 5.92 Å². The van der Waals surface area contributed by atoms with E-state index in [0.717, 1.165) is 18.4 Å². The summed E-state index contributed by atoms with van der Waals surface area (Å²) in [6.07, 6.45) is 1.85. The van der Waals surface area contributed by atoms with Crippen molar-refractivity contribution >= 4 is 12.2 Å². The van der Waals surface area contributed by atoms with Crippen molar-refractivity contribution in [2.45, 2.75) is 89.9 Å². The molecule has 0 radical (unpaired) electrons. The average Bonchev–Trinajstić information content (AvgIpc) is 2.78. The predicted molar refractivity (Wildman–Crippen MR) is 126 cm³/mol. The smallest absolute Gasteiger partial charge is 0.410 e. The Morgan fingerprint density at radius 2 is 1.79 bits per heavy atom. The van der Waals surface area contributed by atoms with Crippen molar-refractivity contribution in [3.63, 3.8) is 0 Å². The predicted octanol–water partition coefficient (Wildman–Crippen LogP) is 6.24. The Balaban J connectivity index is 1.59. The number of amides is 2. The second-order valence-corrected chi connectivity index (χ2v) is 10.5. The third-order valence-electron chi connectivity index (χ3n) is 6.52. The van der Waals surface area contributed by atoms with Gasteiger partial charge in [0.25, 0.3) is 0 Å². The molecule has 1 aliphatic carbocycles. The minimum absolute atomic E-state index is 0.148. The molecule has 0 spiro atoms. The molecule has 2 fully saturated rings. The van der Waals surface area contributed by atoms with Crippen LogP contribution in [0.25, 0.3) is 0 Å². The lowest BCUT2D eigenvalue weighted by Crippen LogP contribution is -2.47. The molecule has 3 rings (SSSR count). The lowest BCUT2D eigenvalue weighted by Gasteiger charge is -2.38. The lowest BCUT2D eigenvalue weighted by molar-refractivity contribution is -0.0536. The van der Waals surface area contributed by atoms with Crippen LogP contribution >= 0.6 is 0 Å². The zero-order chi connectivity index (χ0) is 24.8. The first-order valence-corrected chi connectivity index (χ1v) is 12.4. The van der Waals surface area contributed by atoms with Crippen LogP contribution in [0.5, 0.6) is 0 Å². The highest BCUT2D eigenvalue weighted by molar-refractivity contribution is 5.68. The zero-order valence-corrected chi connectivity index (χ0v) is 20.6. The van der Waals surface area contributed by atoms with Crippen LogP contribution in [0.2, 0.25) is 0 Å². The number of carbonyl (C=O) groups is 2. The lowest BCUT2D eigenvalue weighted by atomic mass is 9.90. The van der Waals surface area contributed by atoms with Gasteiger partial charge in [-0.15, -0.1) is 0 Å². The van der Waals surface area contributed by atoms with E-state index in [1.165, 1.54) is 0 Å². The van der Waals surface area contributed by atoms with Gasteiger partial charge in [0.1, 0.15) is 12.2 Å². The Kier molecular flexibility index (Phi) is 8.77. The van der Waals surface area contributed by atoms with E-state index in [0.29, 0.717) is 26.1 Å². The van der Waals surface area contributed by atoms with Crippen molar-refractivity contribution in [1.82, 2.24) is 9.80 Å². The Hall–Kier alpha value is -2.38. The maximum Gasteiger partial charge on any atom is 0.410 e. The summed E-state index contributed by atoms with van der Waals surface area (Å²) in [5.74, 6) is -2.44. The Bertz CT molecular complexity index is 803. The molecule has 8 heteroatoms. The number of hydrogen-bond donors (Lipinski definition) is 0. The summed E-state index contributed by atoms with van der Waals surface area (Å²) in [7, 11) is 0. The molecular formula is C26H38F2N2O4. The average molecular weight is 481 g/mol. The van der Waals surface area contributed by atoms with Crippen LogP contribution in [0.3, 0.4) is 0 Å². The molecular weight excluding hydrogens is 442 g/mol. The van der Waals surface area contributed by atoms with Crippen molar-refractivity contribution in [3.05, 3.63) is 35.9 Å². The molecule has 1 aromatic carbocycles. The third-order valence-corrected chi connectivity index (χ3v) is 6.52. The number of piperidine rings is 1. The number of ether oxygens (including phenoxy) is 2. The molecule has 1 heterocycles. The second-order valence-electron chi connectivity index (χ2n) is 10.5. The molecule has 0 bridgehead atoms. The van der Waals surface area contributed by atoms with Crippen molar-refractivity contribution in [2.75, 3.05) is 19.6 Å². The minimum Gasteiger partial charge on any atom is -0.445 e. The fraction of sp³-hybridized carbons (Fsp3) is 0.692. The molecule has 190 valence electrons. The van der Waals surface area contributed by atoms with Gasteiger partial charge in [0, 0.05) is 38.5 Å². The summed E-state index contributed by atoms with van der Waals surface area (Å²) in [4.78, 5) is 28.9. The summed E-state index contributed by atoms with van der Waals surface area (Å²) in [6.45, 7) is 7.35. The molecule has 34 heavy (non-hydrogen) atoms. The van der Waals surface area contributed by atoms with E-state index in [9.17, 15) is 18.4 Å². The Labute approximate surface area is 201 Å². The first-order valence-electron chi connectivity index (χ1n) is 12.4. The maximum atomic E-state index is 13.7. The van der Waals surface area contributed by atoms with E-state index >= 15 is 0 Å². The largest absolute Gasteiger partial charge is 0.445 e. The number of carbonyl (C=O) groups excluding carboxylic acids is 2. The molecule has 1 aromatic rings. The molecule has 6 nitrogen and oxygen atoms in total. The number of nitrogens with zero attached hydrogens (tertiary/aromatic N) is 2. The van der Waals surface area contributed by atoms with Crippen molar-refractivity contribution in [2.24, 2.45) is 5.92 Å². The maximum absolute atomic E-state index is 13.7. The van der Waals surface area contributed by atoms with E-state index in [-0.39, 0.29) is 50.3 Å². The molecule has 0 unspecified atom stereocenters. The van der Waals surface area contributed by atoms with Crippen LogP contribution < -0.4 is 0 Å². The minimum atomic E-state index is -2.66. The zero-order valence-electron chi connectivity index (χ0n) is 20.6. The standard InChI is InChI=1S/C26H38F2N2O4/c1-25(2,3)34-23(31)29-16-7-10-20(18-29)13-17-30(22-11-14-26(27,28)15-12-22)24(32)33-19-21-8-5-4-6-9-21/h4-6,8-9,20,22H,7,10-19H2,1-3H3/t20-/m1/s1. The van der Waals surface area contributed by atoms with Crippen LogP contribution in [0.15, 0.2) is 30.3 Å². The van der Waals surface area contributed by atoms with Gasteiger partial charge in [-0.05, 0) is 64.4 Å². The topological polar surface area (TPSA) is 59.1 Å². The van der Waals surface area contributed by atoms with Gasteiger partial charge in [-0.2, -0.15) is 0 Å². The molecule has 1 saturated carbocycles. The molecule has 1 saturated heterocycles. The van der Waals surface area contributed by atoms with Gasteiger partial charge in [-0.1, -0.05) is 30.3 Å². The molecule has 2 amide bonds. The van der Waals surface area contributed by atoms with E-state index < -0.39 is 17.6 Å².